The molecular formula is C13H13N3O3. The van der Waals surface area contributed by atoms with Crippen LogP contribution in [0.5, 0.6) is 0 Å². The molecule has 2 aromatic rings. The Morgan fingerprint density at radius 3 is 3.26 bits per heavy atom. The highest BCUT2D eigenvalue weighted by Gasteiger charge is 2.57. The third kappa shape index (κ3) is 1.14. The number of ether oxygens (including phenoxy) is 2. The molecule has 19 heavy (non-hydrogen) atoms. The van der Waals surface area contributed by atoms with Gasteiger partial charge in [0.25, 0.3) is 0 Å². The number of nitrogens with one attached hydrogen (secondary N) is 1. The zero-order chi connectivity index (χ0) is 12.6. The van der Waals surface area contributed by atoms with Gasteiger partial charge in [-0.15, -0.1) is 0 Å². The molecule has 4 atom stereocenters. The number of para-hydroxylation sites is 2. The van der Waals surface area contributed by atoms with Crippen molar-refractivity contribution < 1.29 is 14.6 Å². The van der Waals surface area contributed by atoms with Gasteiger partial charge in [-0.3, -0.25) is 0 Å². The zero-order valence-corrected chi connectivity index (χ0v) is 10.1. The van der Waals surface area contributed by atoms with E-state index in [0.29, 0.717) is 19.0 Å². The highest BCUT2D eigenvalue weighted by Crippen LogP contribution is 2.47. The van der Waals surface area contributed by atoms with Crippen molar-refractivity contribution in [2.45, 2.75) is 30.6 Å². The molecule has 0 spiro atoms. The lowest BCUT2D eigenvalue weighted by molar-refractivity contribution is -0.214. The summed E-state index contributed by atoms with van der Waals surface area (Å²) in [7, 11) is 0. The van der Waals surface area contributed by atoms with E-state index in [9.17, 15) is 5.11 Å². The largest absolute Gasteiger partial charge is 0.366 e. The molecule has 98 valence electrons. The predicted octanol–water partition coefficient (Wildman–Crippen LogP) is 0.837. The van der Waals surface area contributed by atoms with Crippen LogP contribution in [-0.4, -0.2) is 39.4 Å². The van der Waals surface area contributed by atoms with Gasteiger partial charge >= 0.3 is 0 Å². The van der Waals surface area contributed by atoms with Crippen molar-refractivity contribution in [3.05, 3.63) is 24.3 Å². The summed E-state index contributed by atoms with van der Waals surface area (Å²) in [5.74, 6) is 0.698. The van der Waals surface area contributed by atoms with Crippen LogP contribution in [0.25, 0.3) is 11.0 Å². The highest BCUT2D eigenvalue weighted by atomic mass is 16.7. The number of anilines is 1. The summed E-state index contributed by atoms with van der Waals surface area (Å²) in [6, 6.07) is 8.04. The van der Waals surface area contributed by atoms with Crippen molar-refractivity contribution in [2.24, 2.45) is 0 Å². The summed E-state index contributed by atoms with van der Waals surface area (Å²) in [5.41, 5.74) is 0.818. The molecule has 3 aliphatic heterocycles. The number of rotatable bonds is 0. The normalized spacial score (nSPS) is 39.1. The van der Waals surface area contributed by atoms with Gasteiger partial charge in [-0.05, 0) is 12.1 Å². The average Bonchev–Trinajstić information content (AvgIpc) is 2.99. The van der Waals surface area contributed by atoms with Crippen LogP contribution in [0.1, 0.15) is 12.5 Å². The summed E-state index contributed by atoms with van der Waals surface area (Å²) in [6.45, 7) is 0.519. The molecule has 5 rings (SSSR count). The molecular weight excluding hydrogens is 246 g/mol. The minimum Gasteiger partial charge on any atom is -0.366 e. The SMILES string of the molecule is O[C@@]12C[C@H]([C@@H]3CO[C@@H]1O3)n1c(nc3ccccc31)N2. The zero-order valence-electron chi connectivity index (χ0n) is 10.1. The molecule has 2 fully saturated rings. The summed E-state index contributed by atoms with van der Waals surface area (Å²) >= 11 is 0. The molecule has 0 radical (unpaired) electrons. The molecule has 6 nitrogen and oxygen atoms in total. The Hall–Kier alpha value is -1.63. The first-order chi connectivity index (χ1) is 9.24. The maximum atomic E-state index is 10.6. The van der Waals surface area contributed by atoms with Crippen molar-refractivity contribution in [1.29, 1.82) is 0 Å². The number of nitrogens with zero attached hydrogens (tertiary/aromatic N) is 2. The first kappa shape index (κ1) is 10.2. The Kier molecular flexibility index (Phi) is 1.66. The first-order valence-corrected chi connectivity index (χ1v) is 6.49. The van der Waals surface area contributed by atoms with E-state index in [1.165, 1.54) is 0 Å². The van der Waals surface area contributed by atoms with Crippen LogP contribution in [-0.2, 0) is 9.47 Å². The fraction of sp³-hybridized carbons (Fsp3) is 0.462. The second-order valence-corrected chi connectivity index (χ2v) is 5.45. The number of imidazole rings is 1. The number of benzene rings is 1. The fourth-order valence-electron chi connectivity index (χ4n) is 3.45. The second-order valence-electron chi connectivity index (χ2n) is 5.45. The third-order valence-electron chi connectivity index (χ3n) is 4.31. The third-order valence-corrected chi connectivity index (χ3v) is 4.31. The molecule has 0 aliphatic carbocycles. The van der Waals surface area contributed by atoms with E-state index in [4.69, 9.17) is 9.47 Å². The molecule has 4 bridgehead atoms. The van der Waals surface area contributed by atoms with E-state index >= 15 is 0 Å². The molecule has 2 N–H and O–H groups in total. The lowest BCUT2D eigenvalue weighted by Crippen LogP contribution is -2.58. The smallest absolute Gasteiger partial charge is 0.206 e. The van der Waals surface area contributed by atoms with Crippen molar-refractivity contribution in [2.75, 3.05) is 11.9 Å². The average molecular weight is 259 g/mol. The van der Waals surface area contributed by atoms with E-state index < -0.39 is 12.0 Å². The van der Waals surface area contributed by atoms with E-state index in [1.54, 1.807) is 0 Å². The summed E-state index contributed by atoms with van der Waals surface area (Å²) in [4.78, 5) is 4.56. The lowest BCUT2D eigenvalue weighted by atomic mass is 9.94. The van der Waals surface area contributed by atoms with Crippen molar-refractivity contribution in [3.63, 3.8) is 0 Å². The molecule has 0 unspecified atom stereocenters. The Labute approximate surface area is 108 Å². The van der Waals surface area contributed by atoms with Crippen molar-refractivity contribution in [3.8, 4) is 0 Å². The molecule has 1 aromatic heterocycles. The van der Waals surface area contributed by atoms with E-state index in [2.05, 4.69) is 14.9 Å². The van der Waals surface area contributed by atoms with E-state index in [-0.39, 0.29) is 12.1 Å². The molecule has 0 saturated carbocycles. The second kappa shape index (κ2) is 3.09. The Morgan fingerprint density at radius 2 is 2.32 bits per heavy atom. The maximum Gasteiger partial charge on any atom is 0.206 e. The Balaban J connectivity index is 1.79. The molecule has 1 aromatic carbocycles. The molecule has 6 heteroatoms. The summed E-state index contributed by atoms with van der Waals surface area (Å²) < 4.78 is 13.4. The van der Waals surface area contributed by atoms with Crippen LogP contribution >= 0.6 is 0 Å². The number of fused-ring (bicyclic) bond motifs is 10. The van der Waals surface area contributed by atoms with Gasteiger partial charge in [-0.1, -0.05) is 12.1 Å². The maximum absolute atomic E-state index is 10.6. The quantitative estimate of drug-likeness (QED) is 0.733. The Morgan fingerprint density at radius 1 is 1.42 bits per heavy atom. The number of aliphatic hydroxyl groups is 1. The van der Waals surface area contributed by atoms with Gasteiger partial charge in [0.05, 0.1) is 23.7 Å². The highest BCUT2D eigenvalue weighted by molar-refractivity contribution is 5.79. The summed E-state index contributed by atoms with van der Waals surface area (Å²) in [5, 5.41) is 13.7. The van der Waals surface area contributed by atoms with Gasteiger partial charge in [0.15, 0.2) is 5.72 Å². The van der Waals surface area contributed by atoms with Crippen molar-refractivity contribution in [1.82, 2.24) is 9.55 Å². The van der Waals surface area contributed by atoms with Gasteiger partial charge in [-0.25, -0.2) is 4.98 Å². The molecule has 4 heterocycles. The number of hydrogen-bond acceptors (Lipinski definition) is 5. The lowest BCUT2D eigenvalue weighted by Gasteiger charge is -2.45. The monoisotopic (exact) mass is 259 g/mol. The molecule has 2 saturated heterocycles. The molecule has 3 aliphatic rings. The predicted molar refractivity (Wildman–Crippen MR) is 66.6 cm³/mol. The van der Waals surface area contributed by atoms with Gasteiger partial charge in [0.1, 0.15) is 6.10 Å². The van der Waals surface area contributed by atoms with Crippen LogP contribution in [0.2, 0.25) is 0 Å². The summed E-state index contributed by atoms with van der Waals surface area (Å²) in [6.07, 6.45) is -0.0265. The first-order valence-electron chi connectivity index (χ1n) is 6.49. The minimum atomic E-state index is -1.17. The van der Waals surface area contributed by atoms with E-state index in [0.717, 1.165) is 11.0 Å². The van der Waals surface area contributed by atoms with E-state index in [1.807, 2.05) is 24.3 Å². The van der Waals surface area contributed by atoms with Gasteiger partial charge < -0.3 is 24.5 Å². The van der Waals surface area contributed by atoms with Crippen molar-refractivity contribution >= 4 is 17.0 Å². The van der Waals surface area contributed by atoms with Gasteiger partial charge in [-0.2, -0.15) is 0 Å². The van der Waals surface area contributed by atoms with Crippen LogP contribution in [0.15, 0.2) is 24.3 Å². The topological polar surface area (TPSA) is 68.5 Å². The number of hydrogen-bond donors (Lipinski definition) is 2. The minimum absolute atomic E-state index is 0.0104. The van der Waals surface area contributed by atoms with Gasteiger partial charge in [0, 0.05) is 6.42 Å². The van der Waals surface area contributed by atoms with Gasteiger partial charge in [0.2, 0.25) is 12.2 Å². The fourth-order valence-corrected chi connectivity index (χ4v) is 3.45. The van der Waals surface area contributed by atoms with Crippen LogP contribution in [0.4, 0.5) is 5.95 Å². The Bertz CT molecular complexity index is 685. The number of aromatic nitrogens is 2. The molecule has 0 amide bonds. The van der Waals surface area contributed by atoms with Crippen LogP contribution in [0, 0.1) is 0 Å². The van der Waals surface area contributed by atoms with Crippen LogP contribution in [0.3, 0.4) is 0 Å². The van der Waals surface area contributed by atoms with Crippen LogP contribution < -0.4 is 5.32 Å². The standard InChI is InChI=1S/C13H13N3O3/c17-13-5-9(10-6-18-11(13)19-10)16-8-4-2-1-3-7(8)14-12(16)15-13/h1-4,9-11,17H,5-6H2,(H,14,15)/t9-,10+,11-,13+/m1/s1.